The van der Waals surface area contributed by atoms with Crippen LogP contribution >= 0.6 is 0 Å². The summed E-state index contributed by atoms with van der Waals surface area (Å²) in [7, 11) is 0. The summed E-state index contributed by atoms with van der Waals surface area (Å²) in [6.45, 7) is 4.47. The summed E-state index contributed by atoms with van der Waals surface area (Å²) in [5.74, 6) is -0.813. The average Bonchev–Trinajstić information content (AvgIpc) is 2.81. The lowest BCUT2D eigenvalue weighted by atomic mass is 10.1. The maximum atomic E-state index is 12.4. The molecule has 0 radical (unpaired) electrons. The molecule has 0 aromatic rings. The smallest absolute Gasteiger partial charge is 0.306 e. The molecule has 0 fully saturated rings. The Hall–Kier alpha value is -1.58. The summed E-state index contributed by atoms with van der Waals surface area (Å²) < 4.78 is 5.78. The van der Waals surface area contributed by atoms with Crippen LogP contribution in [0.5, 0.6) is 0 Å². The van der Waals surface area contributed by atoms with Gasteiger partial charge in [-0.1, -0.05) is 109 Å². The van der Waals surface area contributed by atoms with E-state index in [1.807, 2.05) is 6.08 Å². The highest BCUT2D eigenvalue weighted by Gasteiger charge is 2.11. The summed E-state index contributed by atoms with van der Waals surface area (Å²) in [4.78, 5) is 23.0. The second kappa shape index (κ2) is 26.0. The number of carbonyl (C=O) groups is 2. The van der Waals surface area contributed by atoms with Crippen LogP contribution in [0.1, 0.15) is 149 Å². The molecule has 0 aliphatic rings. The van der Waals surface area contributed by atoms with Crippen LogP contribution in [0, 0.1) is 0 Å². The van der Waals surface area contributed by atoms with Crippen molar-refractivity contribution in [2.24, 2.45) is 0 Å². The van der Waals surface area contributed by atoms with Gasteiger partial charge in [0.2, 0.25) is 0 Å². The number of aliphatic carboxylic acids is 1. The minimum atomic E-state index is -0.728. The number of hydrogen-bond donors (Lipinski definition) is 1. The monoisotopic (exact) mass is 478 g/mol. The van der Waals surface area contributed by atoms with Crippen molar-refractivity contribution in [2.75, 3.05) is 0 Å². The van der Waals surface area contributed by atoms with Gasteiger partial charge in [-0.05, 0) is 51.0 Å². The zero-order chi connectivity index (χ0) is 25.1. The van der Waals surface area contributed by atoms with Crippen molar-refractivity contribution in [3.63, 3.8) is 0 Å². The van der Waals surface area contributed by atoms with Crippen molar-refractivity contribution < 1.29 is 19.4 Å². The van der Waals surface area contributed by atoms with Crippen molar-refractivity contribution in [1.82, 2.24) is 0 Å². The minimum absolute atomic E-state index is 0.0852. The Morgan fingerprint density at radius 1 is 0.676 bits per heavy atom. The third kappa shape index (κ3) is 25.1. The quantitative estimate of drug-likeness (QED) is 0.0806. The molecule has 0 rings (SSSR count). The predicted molar refractivity (Wildman–Crippen MR) is 144 cm³/mol. The Bertz CT molecular complexity index is 524. The summed E-state index contributed by atoms with van der Waals surface area (Å²) in [5, 5.41) is 8.75. The Balaban J connectivity index is 4.23. The summed E-state index contributed by atoms with van der Waals surface area (Å²) in [5.41, 5.74) is 0. The molecule has 0 bridgehead atoms. The molecule has 4 nitrogen and oxygen atoms in total. The predicted octanol–water partition coefficient (Wildman–Crippen LogP) is 9.33. The van der Waals surface area contributed by atoms with Gasteiger partial charge in [0.1, 0.15) is 6.10 Å². The van der Waals surface area contributed by atoms with E-state index in [0.717, 1.165) is 57.8 Å². The number of carbonyl (C=O) groups excluding carboxylic acids is 1. The van der Waals surface area contributed by atoms with Gasteiger partial charge in [-0.15, -0.1) is 0 Å². The molecule has 1 atom stereocenters. The lowest BCUT2D eigenvalue weighted by Crippen LogP contribution is -2.16. The van der Waals surface area contributed by atoms with Crippen LogP contribution in [0.4, 0.5) is 0 Å². The van der Waals surface area contributed by atoms with Gasteiger partial charge in [0.15, 0.2) is 0 Å². The van der Waals surface area contributed by atoms with Crippen LogP contribution in [-0.2, 0) is 14.3 Å². The van der Waals surface area contributed by atoms with Crippen molar-refractivity contribution in [3.05, 3.63) is 24.3 Å². The third-order valence-electron chi connectivity index (χ3n) is 6.16. The van der Waals surface area contributed by atoms with E-state index in [9.17, 15) is 9.59 Å². The second-order valence-corrected chi connectivity index (χ2v) is 9.58. The van der Waals surface area contributed by atoms with Crippen LogP contribution in [0.2, 0.25) is 0 Å². The Kier molecular flexibility index (Phi) is 24.8. The number of allylic oxidation sites excluding steroid dienone is 3. The van der Waals surface area contributed by atoms with Crippen LogP contribution in [0.3, 0.4) is 0 Å². The van der Waals surface area contributed by atoms with Gasteiger partial charge in [0.05, 0.1) is 0 Å². The molecule has 0 saturated carbocycles. The zero-order valence-corrected chi connectivity index (χ0v) is 22.4. The topological polar surface area (TPSA) is 63.6 Å². The molecular weight excluding hydrogens is 424 g/mol. The lowest BCUT2D eigenvalue weighted by Gasteiger charge is -2.14. The van der Waals surface area contributed by atoms with Crippen LogP contribution in [0.15, 0.2) is 24.3 Å². The number of ether oxygens (including phenoxy) is 1. The molecule has 0 aromatic carbocycles. The van der Waals surface area contributed by atoms with E-state index in [4.69, 9.17) is 9.84 Å². The molecule has 0 heterocycles. The number of carboxylic acids is 1. The third-order valence-corrected chi connectivity index (χ3v) is 6.16. The van der Waals surface area contributed by atoms with Gasteiger partial charge in [-0.25, -0.2) is 0 Å². The Labute approximate surface area is 210 Å². The highest BCUT2D eigenvalue weighted by Crippen LogP contribution is 2.14. The fourth-order valence-electron chi connectivity index (χ4n) is 4.01. The average molecular weight is 479 g/mol. The van der Waals surface area contributed by atoms with E-state index < -0.39 is 5.97 Å². The molecule has 0 spiro atoms. The zero-order valence-electron chi connectivity index (χ0n) is 22.4. The molecule has 0 aromatic heterocycles. The summed E-state index contributed by atoms with van der Waals surface area (Å²) in [6.07, 6.45) is 30.5. The van der Waals surface area contributed by atoms with E-state index in [1.54, 1.807) is 0 Å². The van der Waals surface area contributed by atoms with Gasteiger partial charge in [-0.2, -0.15) is 0 Å². The molecule has 0 aliphatic carbocycles. The van der Waals surface area contributed by atoms with Crippen molar-refractivity contribution in [1.29, 1.82) is 0 Å². The van der Waals surface area contributed by atoms with Crippen molar-refractivity contribution in [2.45, 2.75) is 155 Å². The van der Waals surface area contributed by atoms with Gasteiger partial charge in [-0.3, -0.25) is 9.59 Å². The van der Waals surface area contributed by atoms with Gasteiger partial charge in [0.25, 0.3) is 0 Å². The number of esters is 1. The molecule has 34 heavy (non-hydrogen) atoms. The molecule has 198 valence electrons. The van der Waals surface area contributed by atoms with Crippen molar-refractivity contribution >= 4 is 11.9 Å². The highest BCUT2D eigenvalue weighted by molar-refractivity contribution is 5.69. The maximum absolute atomic E-state index is 12.4. The van der Waals surface area contributed by atoms with E-state index >= 15 is 0 Å². The summed E-state index contributed by atoms with van der Waals surface area (Å²) >= 11 is 0. The number of carboxylic acid groups (broad SMARTS) is 1. The number of hydrogen-bond acceptors (Lipinski definition) is 3. The molecule has 4 heteroatoms. The molecule has 1 N–H and O–H groups in total. The highest BCUT2D eigenvalue weighted by atomic mass is 16.5. The van der Waals surface area contributed by atoms with Crippen LogP contribution in [0.25, 0.3) is 0 Å². The Morgan fingerprint density at radius 3 is 1.88 bits per heavy atom. The second-order valence-electron chi connectivity index (χ2n) is 9.58. The molecule has 0 aliphatic heterocycles. The summed E-state index contributed by atoms with van der Waals surface area (Å²) in [6, 6.07) is 0. The Morgan fingerprint density at radius 2 is 1.24 bits per heavy atom. The fourth-order valence-corrected chi connectivity index (χ4v) is 4.01. The fraction of sp³-hybridized carbons (Fsp3) is 0.800. The first kappa shape index (κ1) is 32.4. The normalized spacial score (nSPS) is 12.5. The van der Waals surface area contributed by atoms with Gasteiger partial charge < -0.3 is 9.84 Å². The van der Waals surface area contributed by atoms with E-state index in [-0.39, 0.29) is 18.5 Å². The first-order valence-corrected chi connectivity index (χ1v) is 14.3. The van der Waals surface area contributed by atoms with E-state index in [2.05, 4.69) is 32.1 Å². The standard InChI is InChI=1S/C30H54O4/c1-3-5-7-9-11-13-14-16-20-24-28(25-21-18-19-22-26-29(31)32)34-30(33)27-23-17-15-12-10-8-6-4-2/h13-14,20,24,28H,3-12,15-19,21-23,25-27H2,1-2H3,(H,31,32)/b14-13-,24-20-. The SMILES string of the molecule is CCCCCC/C=C\C/C=C\C(CCCCCCC(=O)O)OC(=O)CCCCCCCCCC. The first-order chi connectivity index (χ1) is 16.6. The van der Waals surface area contributed by atoms with Gasteiger partial charge in [0, 0.05) is 12.8 Å². The number of rotatable bonds is 25. The van der Waals surface area contributed by atoms with E-state index in [1.165, 1.54) is 64.2 Å². The van der Waals surface area contributed by atoms with E-state index in [0.29, 0.717) is 6.42 Å². The maximum Gasteiger partial charge on any atom is 0.306 e. The molecule has 0 saturated heterocycles. The van der Waals surface area contributed by atoms with Crippen LogP contribution in [-0.4, -0.2) is 23.1 Å². The molecular formula is C30H54O4. The minimum Gasteiger partial charge on any atom is -0.481 e. The lowest BCUT2D eigenvalue weighted by molar-refractivity contribution is -0.147. The van der Waals surface area contributed by atoms with Crippen LogP contribution < -0.4 is 0 Å². The molecule has 0 amide bonds. The first-order valence-electron chi connectivity index (χ1n) is 14.3. The van der Waals surface area contributed by atoms with Gasteiger partial charge >= 0.3 is 11.9 Å². The number of unbranched alkanes of at least 4 members (excludes halogenated alkanes) is 14. The van der Waals surface area contributed by atoms with Crippen molar-refractivity contribution in [3.8, 4) is 0 Å². The largest absolute Gasteiger partial charge is 0.481 e. The molecule has 1 unspecified atom stereocenters.